The number of hydrogen-bond acceptors (Lipinski definition) is 2. The van der Waals surface area contributed by atoms with Gasteiger partial charge in [-0.3, -0.25) is 0 Å². The highest BCUT2D eigenvalue weighted by molar-refractivity contribution is 7.17. The van der Waals surface area contributed by atoms with Gasteiger partial charge in [-0.05, 0) is 41.3 Å². The maximum absolute atomic E-state index is 3.48. The van der Waals surface area contributed by atoms with Crippen molar-refractivity contribution in [2.75, 3.05) is 13.1 Å². The standard InChI is InChI=1S/C19H19NS/c1-14-5-4-6-16(9-14)19(12-20-13-19)10-15-11-21-18-8-3-2-7-17(15)18/h2-9,11,20H,10,12-13H2,1H3. The van der Waals surface area contributed by atoms with Gasteiger partial charge in [-0.1, -0.05) is 48.0 Å². The SMILES string of the molecule is Cc1cccc(C2(Cc3csc4ccccc34)CNC2)c1. The molecule has 1 fully saturated rings. The predicted molar refractivity (Wildman–Crippen MR) is 91.3 cm³/mol. The molecule has 0 bridgehead atoms. The summed E-state index contributed by atoms with van der Waals surface area (Å²) in [6.45, 7) is 4.35. The average Bonchev–Trinajstić information content (AvgIpc) is 2.86. The molecule has 2 heteroatoms. The molecular formula is C19H19NS. The van der Waals surface area contributed by atoms with E-state index in [0.717, 1.165) is 19.5 Å². The van der Waals surface area contributed by atoms with Crippen LogP contribution >= 0.6 is 11.3 Å². The van der Waals surface area contributed by atoms with Gasteiger partial charge in [-0.25, -0.2) is 0 Å². The van der Waals surface area contributed by atoms with Crippen molar-refractivity contribution < 1.29 is 0 Å². The first kappa shape index (κ1) is 13.1. The van der Waals surface area contributed by atoms with Gasteiger partial charge in [-0.2, -0.15) is 0 Å². The molecule has 0 amide bonds. The fourth-order valence-corrected chi connectivity index (χ4v) is 4.33. The summed E-state index contributed by atoms with van der Waals surface area (Å²) in [7, 11) is 0. The minimum absolute atomic E-state index is 0.274. The molecule has 1 N–H and O–H groups in total. The molecule has 1 saturated heterocycles. The third-order valence-electron chi connectivity index (χ3n) is 4.65. The maximum atomic E-state index is 3.48. The molecule has 0 unspecified atom stereocenters. The summed E-state index contributed by atoms with van der Waals surface area (Å²) in [6, 6.07) is 17.8. The minimum Gasteiger partial charge on any atom is -0.315 e. The van der Waals surface area contributed by atoms with E-state index in [2.05, 4.69) is 66.2 Å². The Morgan fingerprint density at radius 3 is 2.71 bits per heavy atom. The lowest BCUT2D eigenvalue weighted by atomic mass is 9.70. The van der Waals surface area contributed by atoms with Gasteiger partial charge in [0, 0.05) is 23.2 Å². The van der Waals surface area contributed by atoms with E-state index in [0.29, 0.717) is 0 Å². The topological polar surface area (TPSA) is 12.0 Å². The third kappa shape index (κ3) is 2.19. The van der Waals surface area contributed by atoms with Gasteiger partial charge in [0.05, 0.1) is 0 Å². The maximum Gasteiger partial charge on any atom is 0.0345 e. The fraction of sp³-hybridized carbons (Fsp3) is 0.263. The van der Waals surface area contributed by atoms with Gasteiger partial charge in [0.2, 0.25) is 0 Å². The second-order valence-corrected chi connectivity index (χ2v) is 7.10. The van der Waals surface area contributed by atoms with Crippen LogP contribution in [0, 0.1) is 6.92 Å². The van der Waals surface area contributed by atoms with E-state index < -0.39 is 0 Å². The van der Waals surface area contributed by atoms with Crippen LogP contribution in [0.2, 0.25) is 0 Å². The molecule has 4 rings (SSSR count). The molecule has 3 aromatic rings. The Balaban J connectivity index is 1.74. The number of nitrogens with one attached hydrogen (secondary N) is 1. The van der Waals surface area contributed by atoms with E-state index in [4.69, 9.17) is 0 Å². The van der Waals surface area contributed by atoms with E-state index in [1.165, 1.54) is 26.8 Å². The van der Waals surface area contributed by atoms with Gasteiger partial charge in [0.1, 0.15) is 0 Å². The molecule has 0 radical (unpaired) electrons. The first-order chi connectivity index (χ1) is 10.3. The molecule has 1 aliphatic rings. The Kier molecular flexibility index (Phi) is 3.09. The Hall–Kier alpha value is -1.64. The van der Waals surface area contributed by atoms with E-state index in [1.807, 2.05) is 11.3 Å². The average molecular weight is 293 g/mol. The van der Waals surface area contributed by atoms with Gasteiger partial charge in [-0.15, -0.1) is 11.3 Å². The molecule has 2 heterocycles. The summed E-state index contributed by atoms with van der Waals surface area (Å²) >= 11 is 1.87. The molecule has 0 aliphatic carbocycles. The van der Waals surface area contributed by atoms with Gasteiger partial charge in [0.25, 0.3) is 0 Å². The normalized spacial score (nSPS) is 16.8. The van der Waals surface area contributed by atoms with Crippen LogP contribution in [0.25, 0.3) is 10.1 Å². The van der Waals surface area contributed by atoms with E-state index in [9.17, 15) is 0 Å². The molecule has 2 aromatic carbocycles. The highest BCUT2D eigenvalue weighted by Crippen LogP contribution is 2.36. The molecular weight excluding hydrogens is 274 g/mol. The van der Waals surface area contributed by atoms with Gasteiger partial charge >= 0.3 is 0 Å². The summed E-state index contributed by atoms with van der Waals surface area (Å²) in [6.07, 6.45) is 1.13. The van der Waals surface area contributed by atoms with Crippen molar-refractivity contribution in [1.82, 2.24) is 5.32 Å². The van der Waals surface area contributed by atoms with Crippen molar-refractivity contribution in [3.8, 4) is 0 Å². The summed E-state index contributed by atoms with van der Waals surface area (Å²) in [5, 5.41) is 7.26. The van der Waals surface area contributed by atoms with Crippen LogP contribution in [0.5, 0.6) is 0 Å². The number of hydrogen-bond donors (Lipinski definition) is 1. The number of rotatable bonds is 3. The predicted octanol–water partition coefficient (Wildman–Crippen LogP) is 4.29. The smallest absolute Gasteiger partial charge is 0.0345 e. The molecule has 106 valence electrons. The molecule has 1 aromatic heterocycles. The molecule has 0 saturated carbocycles. The van der Waals surface area contributed by atoms with Crippen LogP contribution in [0.4, 0.5) is 0 Å². The lowest BCUT2D eigenvalue weighted by Gasteiger charge is -2.43. The Labute approximate surface area is 129 Å². The van der Waals surface area contributed by atoms with Crippen LogP contribution in [-0.4, -0.2) is 13.1 Å². The Bertz CT molecular complexity index is 783. The Morgan fingerprint density at radius 1 is 1.10 bits per heavy atom. The van der Waals surface area contributed by atoms with Crippen molar-refractivity contribution in [2.45, 2.75) is 18.8 Å². The van der Waals surface area contributed by atoms with Crippen LogP contribution in [0.3, 0.4) is 0 Å². The van der Waals surface area contributed by atoms with Crippen LogP contribution in [0.1, 0.15) is 16.7 Å². The van der Waals surface area contributed by atoms with Gasteiger partial charge in [0.15, 0.2) is 0 Å². The second-order valence-electron chi connectivity index (χ2n) is 6.19. The van der Waals surface area contributed by atoms with Crippen molar-refractivity contribution in [3.05, 3.63) is 70.6 Å². The molecule has 0 spiro atoms. The summed E-state index contributed by atoms with van der Waals surface area (Å²) in [4.78, 5) is 0. The largest absolute Gasteiger partial charge is 0.315 e. The van der Waals surface area contributed by atoms with E-state index >= 15 is 0 Å². The summed E-state index contributed by atoms with van der Waals surface area (Å²) < 4.78 is 1.40. The molecule has 1 aliphatic heterocycles. The minimum atomic E-state index is 0.274. The first-order valence-electron chi connectivity index (χ1n) is 7.50. The van der Waals surface area contributed by atoms with Crippen LogP contribution in [-0.2, 0) is 11.8 Å². The quantitative estimate of drug-likeness (QED) is 0.759. The second kappa shape index (κ2) is 4.97. The van der Waals surface area contributed by atoms with Crippen LogP contribution < -0.4 is 5.32 Å². The highest BCUT2D eigenvalue weighted by Gasteiger charge is 2.39. The van der Waals surface area contributed by atoms with Crippen molar-refractivity contribution >= 4 is 21.4 Å². The highest BCUT2D eigenvalue weighted by atomic mass is 32.1. The van der Waals surface area contributed by atoms with E-state index in [1.54, 1.807) is 0 Å². The number of benzene rings is 2. The number of fused-ring (bicyclic) bond motifs is 1. The first-order valence-corrected chi connectivity index (χ1v) is 8.38. The lowest BCUT2D eigenvalue weighted by Crippen LogP contribution is -2.58. The summed E-state index contributed by atoms with van der Waals surface area (Å²) in [5.41, 5.74) is 4.61. The third-order valence-corrected chi connectivity index (χ3v) is 5.66. The van der Waals surface area contributed by atoms with Crippen molar-refractivity contribution in [1.29, 1.82) is 0 Å². The zero-order valence-electron chi connectivity index (χ0n) is 12.2. The molecule has 1 nitrogen and oxygen atoms in total. The summed E-state index contributed by atoms with van der Waals surface area (Å²) in [5.74, 6) is 0. The zero-order chi connectivity index (χ0) is 14.3. The monoisotopic (exact) mass is 293 g/mol. The zero-order valence-corrected chi connectivity index (χ0v) is 13.0. The fourth-order valence-electron chi connectivity index (χ4n) is 3.37. The number of thiophene rings is 1. The Morgan fingerprint density at radius 2 is 1.95 bits per heavy atom. The lowest BCUT2D eigenvalue weighted by molar-refractivity contribution is 0.275. The van der Waals surface area contributed by atoms with Crippen molar-refractivity contribution in [2.24, 2.45) is 0 Å². The van der Waals surface area contributed by atoms with Gasteiger partial charge < -0.3 is 5.32 Å². The van der Waals surface area contributed by atoms with Crippen molar-refractivity contribution in [3.63, 3.8) is 0 Å². The molecule has 0 atom stereocenters. The molecule has 21 heavy (non-hydrogen) atoms. The van der Waals surface area contributed by atoms with E-state index in [-0.39, 0.29) is 5.41 Å². The van der Waals surface area contributed by atoms with Crippen LogP contribution in [0.15, 0.2) is 53.9 Å². The number of aryl methyl sites for hydroxylation is 1.